The van der Waals surface area contributed by atoms with E-state index in [0.717, 1.165) is 11.8 Å². The second kappa shape index (κ2) is 43.9. The van der Waals surface area contributed by atoms with Gasteiger partial charge in [-0.15, -0.1) is 0 Å². The number of rotatable bonds is 45. The van der Waals surface area contributed by atoms with Gasteiger partial charge in [0.05, 0.1) is 32.2 Å². The fraction of sp³-hybridized carbons (Fsp3) is 0.746. The van der Waals surface area contributed by atoms with Gasteiger partial charge in [0.1, 0.15) is 66.5 Å². The number of nitrogens with one attached hydrogen (secondary N) is 12. The average Bonchev–Trinajstić information content (AvgIpc) is 1.60. The van der Waals surface area contributed by atoms with E-state index in [1.807, 2.05) is 6.26 Å². The Hall–Kier alpha value is -8.00. The van der Waals surface area contributed by atoms with Crippen molar-refractivity contribution in [2.75, 3.05) is 64.5 Å². The summed E-state index contributed by atoms with van der Waals surface area (Å²) in [6, 6.07) is -16.1. The zero-order valence-corrected chi connectivity index (χ0v) is 56.6. The van der Waals surface area contributed by atoms with Crippen molar-refractivity contribution in [1.29, 1.82) is 5.41 Å². The zero-order chi connectivity index (χ0) is 72.4. The van der Waals surface area contributed by atoms with Gasteiger partial charge in [0.2, 0.25) is 76.8 Å². The lowest BCUT2D eigenvalue weighted by Gasteiger charge is -2.32. The minimum absolute atomic E-state index is 0.000730. The standard InChI is InChI=1S/C59H105N19O17S/c1-7-32(4)46(76-49(85)35(17-12-23-66-59(64)65)70-54(90)45(31(2)3)75-48(84)34(62)20-26-96-6)55(91)72-37(16-9-11-22-61)57(93)77-24-13-18-41(77)52(88)67-28-44(82)69-39(29-79)51(87)68-33(5)47(83)73-38(27-43(63)81)50(86)71-36(15-8-10-21-60)56(92)78-25-14-19-42(78)53(89)74-40(30-80)58(94)95/h31-42,45-46,79-80H,7-30,60-62H2,1-6H3,(H2,63,81)(H,67,88)(H,68,87)(H,69,82)(H,70,90)(H,71,86)(H,72,91)(H,73,83)(H,74,89)(H,75,84)(H,76,85)(H,94,95)(H4,64,65,66)/t32-,33-,34-,35-,36-,37-,38-,39-,40-,41-,42-,45-,46-/m0/s1. The minimum atomic E-state index is -1.74. The average molecular weight is 1380 g/mol. The summed E-state index contributed by atoms with van der Waals surface area (Å²) >= 11 is 1.50. The van der Waals surface area contributed by atoms with E-state index in [1.54, 1.807) is 27.7 Å². The van der Waals surface area contributed by atoms with E-state index in [4.69, 9.17) is 34.1 Å². The number of carbonyl (C=O) groups excluding carboxylic acids is 13. The number of likely N-dealkylation sites (tertiary alicyclic amines) is 2. The molecule has 2 aliphatic rings. The van der Waals surface area contributed by atoms with Crippen LogP contribution in [0, 0.1) is 17.2 Å². The number of aliphatic hydroxyl groups is 2. The van der Waals surface area contributed by atoms with E-state index < -0.39 is 193 Å². The number of carboxylic acid groups (broad SMARTS) is 1. The highest BCUT2D eigenvalue weighted by Gasteiger charge is 2.42. The lowest BCUT2D eigenvalue weighted by Crippen LogP contribution is -2.61. The van der Waals surface area contributed by atoms with E-state index in [1.165, 1.54) is 16.7 Å². The normalized spacial score (nSPS) is 17.8. The molecule has 0 aromatic heterocycles. The summed E-state index contributed by atoms with van der Waals surface area (Å²) in [7, 11) is 0. The van der Waals surface area contributed by atoms with E-state index in [2.05, 4.69) is 58.5 Å². The number of nitrogens with two attached hydrogens (primary N) is 5. The molecule has 0 aromatic rings. The molecule has 0 unspecified atom stereocenters. The van der Waals surface area contributed by atoms with Gasteiger partial charge in [-0.1, -0.05) is 34.1 Å². The Morgan fingerprint density at radius 3 is 1.54 bits per heavy atom. The van der Waals surface area contributed by atoms with E-state index in [9.17, 15) is 82.4 Å². The lowest BCUT2D eigenvalue weighted by atomic mass is 9.96. The number of guanidine groups is 1. The molecule has 2 fully saturated rings. The molecule has 0 spiro atoms. The van der Waals surface area contributed by atoms with Crippen LogP contribution >= 0.6 is 11.8 Å². The highest BCUT2D eigenvalue weighted by molar-refractivity contribution is 7.98. The second-order valence-electron chi connectivity index (χ2n) is 24.2. The van der Waals surface area contributed by atoms with Crippen LogP contribution in [-0.4, -0.2) is 251 Å². The molecule has 13 atom stereocenters. The van der Waals surface area contributed by atoms with Gasteiger partial charge in [0.15, 0.2) is 5.96 Å². The summed E-state index contributed by atoms with van der Waals surface area (Å²) in [5, 5.41) is 64.0. The molecule has 0 radical (unpaired) electrons. The van der Waals surface area contributed by atoms with Crippen molar-refractivity contribution < 1.29 is 82.4 Å². The van der Waals surface area contributed by atoms with Crippen LogP contribution < -0.4 is 87.2 Å². The van der Waals surface area contributed by atoms with Crippen molar-refractivity contribution in [3.63, 3.8) is 0 Å². The Kier molecular flexibility index (Phi) is 38.5. The highest BCUT2D eigenvalue weighted by Crippen LogP contribution is 2.23. The van der Waals surface area contributed by atoms with Crippen LogP contribution in [0.4, 0.5) is 0 Å². The first-order valence-corrected chi connectivity index (χ1v) is 33.9. The Bertz CT molecular complexity index is 2660. The van der Waals surface area contributed by atoms with Gasteiger partial charge >= 0.3 is 5.97 Å². The number of carbonyl (C=O) groups is 14. The van der Waals surface area contributed by atoms with Gasteiger partial charge in [-0.05, 0) is 127 Å². The van der Waals surface area contributed by atoms with Crippen molar-refractivity contribution in [1.82, 2.24) is 68.3 Å². The third-order valence-corrected chi connectivity index (χ3v) is 16.9. The van der Waals surface area contributed by atoms with Gasteiger partial charge < -0.3 is 112 Å². The molecule has 0 aromatic carbocycles. The molecule has 25 N–H and O–H groups in total. The predicted octanol–water partition coefficient (Wildman–Crippen LogP) is -7.28. The molecule has 0 saturated carbocycles. The highest BCUT2D eigenvalue weighted by atomic mass is 32.2. The van der Waals surface area contributed by atoms with Crippen LogP contribution in [0.1, 0.15) is 131 Å². The van der Waals surface area contributed by atoms with Crippen LogP contribution in [0.2, 0.25) is 0 Å². The smallest absolute Gasteiger partial charge is 0.328 e. The number of carboxylic acids is 1. The number of amides is 13. The molecule has 96 heavy (non-hydrogen) atoms. The summed E-state index contributed by atoms with van der Waals surface area (Å²) in [5.74, 6) is -13.3. The number of primary amides is 1. The maximum absolute atomic E-state index is 14.5. The van der Waals surface area contributed by atoms with E-state index >= 15 is 0 Å². The van der Waals surface area contributed by atoms with Crippen molar-refractivity contribution in [3.8, 4) is 0 Å². The maximum Gasteiger partial charge on any atom is 0.328 e. The molecule has 2 rings (SSSR count). The zero-order valence-electron chi connectivity index (χ0n) is 55.8. The lowest BCUT2D eigenvalue weighted by molar-refractivity contribution is -0.145. The fourth-order valence-electron chi connectivity index (χ4n) is 10.5. The fourth-order valence-corrected chi connectivity index (χ4v) is 11.0. The Labute approximate surface area is 563 Å². The number of unbranched alkanes of at least 4 members (excludes halogenated alkanes) is 2. The van der Waals surface area contributed by atoms with Gasteiger partial charge in [-0.3, -0.25) is 67.7 Å². The molecule has 36 nitrogen and oxygen atoms in total. The molecule has 0 aliphatic carbocycles. The molecular weight excluding hydrogens is 1280 g/mol. The van der Waals surface area contributed by atoms with Gasteiger partial charge in [0.25, 0.3) is 0 Å². The van der Waals surface area contributed by atoms with Crippen LogP contribution in [-0.2, 0) is 67.1 Å². The Morgan fingerprint density at radius 1 is 0.552 bits per heavy atom. The molecule has 37 heteroatoms. The molecular formula is C59H105N19O17S. The maximum atomic E-state index is 14.5. The molecule has 544 valence electrons. The molecule has 2 aliphatic heterocycles. The Morgan fingerprint density at radius 2 is 1.04 bits per heavy atom. The first-order valence-electron chi connectivity index (χ1n) is 32.5. The number of hydrogen-bond donors (Lipinski definition) is 20. The first-order chi connectivity index (χ1) is 45.4. The van der Waals surface area contributed by atoms with Crippen LogP contribution in [0.25, 0.3) is 0 Å². The number of thioether (sulfide) groups is 1. The van der Waals surface area contributed by atoms with Crippen LogP contribution in [0.15, 0.2) is 0 Å². The van der Waals surface area contributed by atoms with Crippen molar-refractivity contribution >= 4 is 100 Å². The molecule has 2 saturated heterocycles. The first kappa shape index (κ1) is 84.1. The molecule has 13 amide bonds. The molecule has 0 bridgehead atoms. The van der Waals surface area contributed by atoms with Gasteiger partial charge in [-0.2, -0.15) is 11.8 Å². The van der Waals surface area contributed by atoms with Crippen molar-refractivity contribution in [2.45, 2.75) is 203 Å². The Balaban J connectivity index is 2.23. The van der Waals surface area contributed by atoms with Gasteiger partial charge in [0, 0.05) is 19.6 Å². The summed E-state index contributed by atoms with van der Waals surface area (Å²) < 4.78 is 0. The second-order valence-corrected chi connectivity index (χ2v) is 25.2. The van der Waals surface area contributed by atoms with Crippen LogP contribution in [0.3, 0.4) is 0 Å². The predicted molar refractivity (Wildman–Crippen MR) is 351 cm³/mol. The number of aliphatic hydroxyl groups excluding tert-OH is 2. The van der Waals surface area contributed by atoms with Gasteiger partial charge in [-0.25, -0.2) is 4.79 Å². The van der Waals surface area contributed by atoms with E-state index in [-0.39, 0.29) is 77.2 Å². The summed E-state index contributed by atoms with van der Waals surface area (Å²) in [4.78, 5) is 191. The topological polar surface area (TPSA) is 592 Å². The number of hydrogen-bond acceptors (Lipinski definition) is 21. The number of nitrogens with zero attached hydrogens (tertiary/aromatic N) is 2. The summed E-state index contributed by atoms with van der Waals surface area (Å²) in [6.07, 6.45) is 4.45. The largest absolute Gasteiger partial charge is 0.480 e. The monoisotopic (exact) mass is 1380 g/mol. The molecule has 2 heterocycles. The van der Waals surface area contributed by atoms with Crippen molar-refractivity contribution in [3.05, 3.63) is 0 Å². The van der Waals surface area contributed by atoms with Crippen LogP contribution in [0.5, 0.6) is 0 Å². The SMILES string of the molecule is CC[C@H](C)[C@H](NC(=O)[C@H](CCCNC(=N)N)NC(=O)[C@@H](NC(=O)[C@@H](N)CCSC)C(C)C)C(=O)N[C@@H](CCCCN)C(=O)N1CCC[C@H]1C(=O)NCC(=O)N[C@@H](CO)C(=O)N[C@@H](C)C(=O)N[C@@H](CC(N)=O)C(=O)N[C@@H](CCCCN)C(=O)N1CCC[C@H]1C(=O)N[C@@H](CO)C(=O)O. The minimum Gasteiger partial charge on any atom is -0.480 e. The van der Waals surface area contributed by atoms with E-state index in [0.29, 0.717) is 57.1 Å². The third kappa shape index (κ3) is 28.4. The van der Waals surface area contributed by atoms with Crippen molar-refractivity contribution in [2.24, 2.45) is 40.5 Å². The summed E-state index contributed by atoms with van der Waals surface area (Å²) in [6.45, 7) is 6.03. The summed E-state index contributed by atoms with van der Waals surface area (Å²) in [5.41, 5.74) is 28.4. The third-order valence-electron chi connectivity index (χ3n) is 16.3. The quantitative estimate of drug-likeness (QED) is 0.0153. The number of aliphatic carboxylic acids is 1.